The van der Waals surface area contributed by atoms with Crippen molar-refractivity contribution < 1.29 is 19.4 Å². The molecule has 1 fully saturated rings. The Labute approximate surface area is 140 Å². The molecule has 24 heavy (non-hydrogen) atoms. The third-order valence-corrected chi connectivity index (χ3v) is 4.83. The van der Waals surface area contributed by atoms with Crippen LogP contribution < -0.4 is 10.1 Å². The van der Waals surface area contributed by atoms with Gasteiger partial charge < -0.3 is 15.2 Å². The Hall–Kier alpha value is -2.59. The topological polar surface area (TPSA) is 88.0 Å². The van der Waals surface area contributed by atoms with Crippen LogP contribution in [0.15, 0.2) is 17.1 Å². The quantitative estimate of drug-likeness (QED) is 0.833. The Kier molecular flexibility index (Phi) is 4.40. The van der Waals surface area contributed by atoms with Gasteiger partial charge in [-0.05, 0) is 50.2 Å². The van der Waals surface area contributed by atoms with Crippen LogP contribution in [0.3, 0.4) is 0 Å². The number of methoxy groups -OCH3 is 1. The molecule has 0 aromatic heterocycles. The van der Waals surface area contributed by atoms with Crippen LogP contribution in [0.1, 0.15) is 49.7 Å². The molecule has 126 valence electrons. The van der Waals surface area contributed by atoms with E-state index in [0.717, 1.165) is 24.2 Å². The van der Waals surface area contributed by atoms with E-state index in [1.54, 1.807) is 14.0 Å². The summed E-state index contributed by atoms with van der Waals surface area (Å²) in [6.45, 7) is 1.79. The molecule has 0 spiro atoms. The van der Waals surface area contributed by atoms with Crippen LogP contribution >= 0.6 is 0 Å². The van der Waals surface area contributed by atoms with Gasteiger partial charge in [0.15, 0.2) is 5.94 Å². The van der Waals surface area contributed by atoms with Crippen LogP contribution in [0.4, 0.5) is 5.69 Å². The molecule has 0 bridgehead atoms. The number of carbonyl (C=O) groups excluding carboxylic acids is 1. The van der Waals surface area contributed by atoms with Crippen molar-refractivity contribution in [3.8, 4) is 5.75 Å². The monoisotopic (exact) mass is 328 g/mol. The van der Waals surface area contributed by atoms with Crippen molar-refractivity contribution in [1.29, 1.82) is 0 Å². The standard InChI is InChI=1S/C18H20N2O4/c1-10-19-15-8-17(24-2)13(7-14(15)16(9-21)20-10)11-3-5-12(6-4-11)18(22)23/h7-8,11-12H,3-6H2,1-2H3,(H,19,20)(H,22,23). The molecule has 1 aliphatic heterocycles. The minimum Gasteiger partial charge on any atom is -0.496 e. The number of nitrogens with one attached hydrogen (secondary N) is 1. The molecule has 6 nitrogen and oxygen atoms in total. The molecule has 3 rings (SSSR count). The van der Waals surface area contributed by atoms with Gasteiger partial charge in [0.25, 0.3) is 0 Å². The summed E-state index contributed by atoms with van der Waals surface area (Å²) < 4.78 is 5.53. The lowest BCUT2D eigenvalue weighted by atomic mass is 9.78. The van der Waals surface area contributed by atoms with E-state index in [0.29, 0.717) is 35.6 Å². The molecule has 0 atom stereocenters. The van der Waals surface area contributed by atoms with Gasteiger partial charge in [0.05, 0.1) is 18.7 Å². The predicted octanol–water partition coefficient (Wildman–Crippen LogP) is 2.88. The van der Waals surface area contributed by atoms with Gasteiger partial charge in [-0.2, -0.15) is 0 Å². The predicted molar refractivity (Wildman–Crippen MR) is 90.3 cm³/mol. The zero-order valence-electron chi connectivity index (χ0n) is 13.8. The summed E-state index contributed by atoms with van der Waals surface area (Å²) in [6.07, 6.45) is 2.90. The summed E-state index contributed by atoms with van der Waals surface area (Å²) in [5.74, 6) is 2.55. The summed E-state index contributed by atoms with van der Waals surface area (Å²) in [5.41, 5.74) is 2.78. The lowest BCUT2D eigenvalue weighted by molar-refractivity contribution is -0.142. The fourth-order valence-corrected chi connectivity index (χ4v) is 3.56. The fraction of sp³-hybridized carbons (Fsp3) is 0.444. The highest BCUT2D eigenvalue weighted by atomic mass is 16.5. The highest BCUT2D eigenvalue weighted by Crippen LogP contribution is 2.43. The average molecular weight is 328 g/mol. The van der Waals surface area contributed by atoms with E-state index in [1.807, 2.05) is 18.1 Å². The highest BCUT2D eigenvalue weighted by molar-refractivity contribution is 6.04. The second kappa shape index (κ2) is 6.49. The van der Waals surface area contributed by atoms with Crippen LogP contribution in [-0.4, -0.2) is 30.0 Å². The van der Waals surface area contributed by atoms with E-state index in [4.69, 9.17) is 9.84 Å². The summed E-state index contributed by atoms with van der Waals surface area (Å²) in [4.78, 5) is 26.8. The molecule has 1 aromatic carbocycles. The number of ether oxygens (including phenoxy) is 1. The molecule has 0 saturated heterocycles. The van der Waals surface area contributed by atoms with Crippen molar-refractivity contribution in [2.75, 3.05) is 7.11 Å². The average Bonchev–Trinajstić information content (AvgIpc) is 2.59. The largest absolute Gasteiger partial charge is 0.496 e. The number of carboxylic acid groups (broad SMARTS) is 1. The van der Waals surface area contributed by atoms with E-state index in [-0.39, 0.29) is 11.8 Å². The molecule has 0 amide bonds. The number of hydrogen-bond donors (Lipinski definition) is 2. The van der Waals surface area contributed by atoms with Crippen LogP contribution in [0.25, 0.3) is 5.70 Å². The smallest absolute Gasteiger partial charge is 0.306 e. The number of nitrogens with zero attached hydrogens (tertiary/aromatic N) is 1. The summed E-state index contributed by atoms with van der Waals surface area (Å²) in [5, 5.41) is 12.1. The summed E-state index contributed by atoms with van der Waals surface area (Å²) in [7, 11) is 1.61. The minimum atomic E-state index is -0.717. The Morgan fingerprint density at radius 1 is 1.33 bits per heavy atom. The lowest BCUT2D eigenvalue weighted by Crippen LogP contribution is -2.23. The van der Waals surface area contributed by atoms with Gasteiger partial charge in [-0.1, -0.05) is 0 Å². The van der Waals surface area contributed by atoms with E-state index < -0.39 is 5.97 Å². The van der Waals surface area contributed by atoms with Crippen molar-refractivity contribution in [2.45, 2.75) is 38.5 Å². The van der Waals surface area contributed by atoms with Crippen molar-refractivity contribution >= 4 is 29.1 Å². The molecule has 2 aliphatic rings. The maximum atomic E-state index is 11.3. The van der Waals surface area contributed by atoms with E-state index in [9.17, 15) is 9.59 Å². The molecule has 0 radical (unpaired) electrons. The van der Waals surface area contributed by atoms with Gasteiger partial charge >= 0.3 is 5.97 Å². The Morgan fingerprint density at radius 2 is 2.04 bits per heavy atom. The minimum absolute atomic E-state index is 0.223. The second-order valence-corrected chi connectivity index (χ2v) is 6.30. The lowest BCUT2D eigenvalue weighted by Gasteiger charge is -2.28. The third-order valence-electron chi connectivity index (χ3n) is 4.83. The number of rotatable bonds is 3. The summed E-state index contributed by atoms with van der Waals surface area (Å²) >= 11 is 0. The number of fused-ring (bicyclic) bond motifs is 1. The fourth-order valence-electron chi connectivity index (χ4n) is 3.56. The summed E-state index contributed by atoms with van der Waals surface area (Å²) in [6, 6.07) is 3.78. The molecule has 1 aromatic rings. The second-order valence-electron chi connectivity index (χ2n) is 6.30. The van der Waals surface area contributed by atoms with E-state index in [1.165, 1.54) is 0 Å². The van der Waals surface area contributed by atoms with Crippen LogP contribution in [0, 0.1) is 5.92 Å². The van der Waals surface area contributed by atoms with Gasteiger partial charge in [0, 0.05) is 11.6 Å². The van der Waals surface area contributed by atoms with Gasteiger partial charge in [0.2, 0.25) is 0 Å². The Morgan fingerprint density at radius 3 is 2.62 bits per heavy atom. The number of benzene rings is 1. The number of aliphatic imine (C=N–C) groups is 1. The first-order valence-electron chi connectivity index (χ1n) is 8.06. The number of hydrogen-bond acceptors (Lipinski definition) is 5. The molecule has 2 N–H and O–H groups in total. The molecule has 1 aliphatic carbocycles. The van der Waals surface area contributed by atoms with Crippen LogP contribution in [-0.2, 0) is 9.59 Å². The normalized spacial score (nSPS) is 22.8. The number of amidine groups is 1. The van der Waals surface area contributed by atoms with Gasteiger partial charge in [-0.3, -0.25) is 4.79 Å². The molecule has 1 heterocycles. The van der Waals surface area contributed by atoms with Gasteiger partial charge in [-0.25, -0.2) is 9.79 Å². The third kappa shape index (κ3) is 2.93. The van der Waals surface area contributed by atoms with Crippen molar-refractivity contribution in [3.63, 3.8) is 0 Å². The molecule has 0 unspecified atom stereocenters. The van der Waals surface area contributed by atoms with Gasteiger partial charge in [-0.15, -0.1) is 0 Å². The van der Waals surface area contributed by atoms with Crippen LogP contribution in [0.2, 0.25) is 0 Å². The number of aliphatic carboxylic acids is 1. The maximum Gasteiger partial charge on any atom is 0.306 e. The molecular weight excluding hydrogens is 308 g/mol. The van der Waals surface area contributed by atoms with E-state index in [2.05, 4.69) is 10.3 Å². The Bertz CT molecular complexity index is 755. The molecule has 1 saturated carbocycles. The van der Waals surface area contributed by atoms with Gasteiger partial charge in [0.1, 0.15) is 17.3 Å². The number of carbonyl (C=O) groups is 1. The Balaban J connectivity index is 1.97. The first kappa shape index (κ1) is 16.3. The van der Waals surface area contributed by atoms with E-state index >= 15 is 0 Å². The highest BCUT2D eigenvalue weighted by Gasteiger charge is 2.29. The molecular formula is C18H20N2O4. The molecule has 6 heteroatoms. The van der Waals surface area contributed by atoms with Crippen molar-refractivity contribution in [3.05, 3.63) is 23.3 Å². The SMILES string of the molecule is COc1cc2c(cc1C1CCC(C(=O)O)CC1)C(=C=O)NC(C)=N2. The zero-order chi connectivity index (χ0) is 17.3. The van der Waals surface area contributed by atoms with Crippen molar-refractivity contribution in [1.82, 2.24) is 5.32 Å². The first-order chi connectivity index (χ1) is 11.5. The first-order valence-corrected chi connectivity index (χ1v) is 8.06. The maximum absolute atomic E-state index is 11.3. The van der Waals surface area contributed by atoms with Crippen LogP contribution in [0.5, 0.6) is 5.75 Å². The number of carboxylic acids is 1. The van der Waals surface area contributed by atoms with Crippen molar-refractivity contribution in [2.24, 2.45) is 10.9 Å². The zero-order valence-corrected chi connectivity index (χ0v) is 13.8.